The molecule has 2 N–H and O–H groups in total. The first-order valence-electron chi connectivity index (χ1n) is 3.86. The number of rotatable bonds is 1. The molecular weight excluding hydrogens is 168 g/mol. The molecule has 1 atom stereocenters. The van der Waals surface area contributed by atoms with Gasteiger partial charge in [-0.1, -0.05) is 0 Å². The van der Waals surface area contributed by atoms with Crippen LogP contribution in [0.15, 0.2) is 23.7 Å². The molecule has 2 nitrogen and oxygen atoms in total. The highest BCUT2D eigenvalue weighted by atomic mass is 32.1. The van der Waals surface area contributed by atoms with E-state index >= 15 is 0 Å². The van der Waals surface area contributed by atoms with Gasteiger partial charge in [-0.25, -0.2) is 0 Å². The molecule has 0 saturated carbocycles. The zero-order valence-electron chi connectivity index (χ0n) is 6.82. The standard InChI is InChI=1S/C9H10N2S/c1-6(10)7-4-9-8(11-5-7)2-3-12-9/h2-6H,10H2,1H3/t6-/m1/s1. The van der Waals surface area contributed by atoms with Crippen molar-refractivity contribution in [2.45, 2.75) is 13.0 Å². The van der Waals surface area contributed by atoms with E-state index in [0.29, 0.717) is 0 Å². The maximum Gasteiger partial charge on any atom is 0.0809 e. The van der Waals surface area contributed by atoms with E-state index in [4.69, 9.17) is 5.73 Å². The predicted molar refractivity (Wildman–Crippen MR) is 52.2 cm³/mol. The van der Waals surface area contributed by atoms with Gasteiger partial charge < -0.3 is 5.73 Å². The number of fused-ring (bicyclic) bond motifs is 1. The molecule has 0 amide bonds. The molecule has 0 aliphatic carbocycles. The Balaban J connectivity index is 2.60. The minimum Gasteiger partial charge on any atom is -0.324 e. The lowest BCUT2D eigenvalue weighted by Crippen LogP contribution is -2.04. The van der Waals surface area contributed by atoms with Crippen LogP contribution in [-0.4, -0.2) is 4.98 Å². The van der Waals surface area contributed by atoms with Crippen LogP contribution < -0.4 is 5.73 Å². The number of nitrogens with two attached hydrogens (primary N) is 1. The molecule has 3 heteroatoms. The van der Waals surface area contributed by atoms with Crippen LogP contribution in [0, 0.1) is 0 Å². The summed E-state index contributed by atoms with van der Waals surface area (Å²) in [6.07, 6.45) is 1.85. The van der Waals surface area contributed by atoms with E-state index in [2.05, 4.69) is 11.1 Å². The Morgan fingerprint density at radius 1 is 1.58 bits per heavy atom. The fraction of sp³-hybridized carbons (Fsp3) is 0.222. The molecule has 2 aromatic heterocycles. The van der Waals surface area contributed by atoms with Crippen LogP contribution in [0.2, 0.25) is 0 Å². The van der Waals surface area contributed by atoms with Gasteiger partial charge in [-0.2, -0.15) is 0 Å². The second kappa shape index (κ2) is 2.84. The minimum atomic E-state index is 0.0731. The van der Waals surface area contributed by atoms with Gasteiger partial charge in [0.05, 0.1) is 10.2 Å². The van der Waals surface area contributed by atoms with Crippen LogP contribution in [0.4, 0.5) is 0 Å². The molecule has 2 heterocycles. The lowest BCUT2D eigenvalue weighted by molar-refractivity contribution is 0.815. The molecule has 0 fully saturated rings. The zero-order valence-corrected chi connectivity index (χ0v) is 7.64. The molecule has 0 aliphatic rings. The van der Waals surface area contributed by atoms with Crippen LogP contribution in [0.1, 0.15) is 18.5 Å². The summed E-state index contributed by atoms with van der Waals surface area (Å²) in [5, 5.41) is 2.04. The summed E-state index contributed by atoms with van der Waals surface area (Å²) in [5.41, 5.74) is 7.90. The first-order chi connectivity index (χ1) is 5.77. The quantitative estimate of drug-likeness (QED) is 0.727. The maximum absolute atomic E-state index is 5.74. The van der Waals surface area contributed by atoms with Gasteiger partial charge in [0.1, 0.15) is 0 Å². The van der Waals surface area contributed by atoms with Crippen molar-refractivity contribution in [3.05, 3.63) is 29.3 Å². The van der Waals surface area contributed by atoms with Crippen molar-refractivity contribution < 1.29 is 0 Å². The smallest absolute Gasteiger partial charge is 0.0809 e. The van der Waals surface area contributed by atoms with E-state index in [1.807, 2.05) is 24.6 Å². The van der Waals surface area contributed by atoms with Gasteiger partial charge in [-0.05, 0) is 30.0 Å². The number of hydrogen-bond acceptors (Lipinski definition) is 3. The van der Waals surface area contributed by atoms with Crippen molar-refractivity contribution in [2.75, 3.05) is 0 Å². The van der Waals surface area contributed by atoms with E-state index < -0.39 is 0 Å². The number of pyridine rings is 1. The summed E-state index contributed by atoms with van der Waals surface area (Å²) in [4.78, 5) is 4.29. The number of aromatic nitrogens is 1. The highest BCUT2D eigenvalue weighted by Gasteiger charge is 2.01. The van der Waals surface area contributed by atoms with Gasteiger partial charge >= 0.3 is 0 Å². The molecule has 2 rings (SSSR count). The molecular formula is C9H10N2S. The fourth-order valence-corrected chi connectivity index (χ4v) is 1.90. The largest absolute Gasteiger partial charge is 0.324 e. The van der Waals surface area contributed by atoms with Crippen LogP contribution >= 0.6 is 11.3 Å². The molecule has 0 bridgehead atoms. The van der Waals surface area contributed by atoms with Crippen molar-refractivity contribution in [3.63, 3.8) is 0 Å². The number of hydrogen-bond donors (Lipinski definition) is 1. The summed E-state index contributed by atoms with van der Waals surface area (Å²) >= 11 is 1.70. The zero-order chi connectivity index (χ0) is 8.55. The van der Waals surface area contributed by atoms with E-state index in [-0.39, 0.29) is 6.04 Å². The average molecular weight is 178 g/mol. The Labute approximate surface area is 75.0 Å². The maximum atomic E-state index is 5.74. The van der Waals surface area contributed by atoms with Gasteiger partial charge in [-0.15, -0.1) is 11.3 Å². The van der Waals surface area contributed by atoms with Gasteiger partial charge in [0.15, 0.2) is 0 Å². The average Bonchev–Trinajstić information content (AvgIpc) is 2.49. The lowest BCUT2D eigenvalue weighted by Gasteiger charge is -2.03. The van der Waals surface area contributed by atoms with Crippen LogP contribution in [0.5, 0.6) is 0 Å². The van der Waals surface area contributed by atoms with Crippen molar-refractivity contribution in [2.24, 2.45) is 5.73 Å². The van der Waals surface area contributed by atoms with Crippen LogP contribution in [-0.2, 0) is 0 Å². The molecule has 0 aromatic carbocycles. The second-order valence-electron chi connectivity index (χ2n) is 2.86. The third kappa shape index (κ3) is 1.21. The van der Waals surface area contributed by atoms with E-state index in [0.717, 1.165) is 11.1 Å². The third-order valence-corrected chi connectivity index (χ3v) is 2.70. The van der Waals surface area contributed by atoms with Crippen LogP contribution in [0.3, 0.4) is 0 Å². The molecule has 62 valence electrons. The first-order valence-corrected chi connectivity index (χ1v) is 4.74. The van der Waals surface area contributed by atoms with E-state index in [1.54, 1.807) is 11.3 Å². The van der Waals surface area contributed by atoms with Crippen LogP contribution in [0.25, 0.3) is 10.2 Å². The molecule has 12 heavy (non-hydrogen) atoms. The summed E-state index contributed by atoms with van der Waals surface area (Å²) in [6.45, 7) is 1.97. The molecule has 0 aliphatic heterocycles. The Morgan fingerprint density at radius 2 is 2.42 bits per heavy atom. The van der Waals surface area contributed by atoms with Crippen molar-refractivity contribution in [1.82, 2.24) is 4.98 Å². The first kappa shape index (κ1) is 7.71. The SMILES string of the molecule is C[C@@H](N)c1cnc2ccsc2c1. The highest BCUT2D eigenvalue weighted by Crippen LogP contribution is 2.21. The fourth-order valence-electron chi connectivity index (χ4n) is 1.11. The van der Waals surface area contributed by atoms with Gasteiger partial charge in [0, 0.05) is 12.2 Å². The molecule has 2 aromatic rings. The summed E-state index contributed by atoms with van der Waals surface area (Å²) in [5.74, 6) is 0. The molecule has 0 spiro atoms. The van der Waals surface area contributed by atoms with Crippen molar-refractivity contribution in [1.29, 1.82) is 0 Å². The summed E-state index contributed by atoms with van der Waals surface area (Å²) < 4.78 is 1.21. The Bertz CT molecular complexity index is 392. The minimum absolute atomic E-state index is 0.0731. The Morgan fingerprint density at radius 3 is 3.17 bits per heavy atom. The normalized spacial score (nSPS) is 13.5. The third-order valence-electron chi connectivity index (χ3n) is 1.85. The molecule has 0 saturated heterocycles. The number of nitrogens with zero attached hydrogens (tertiary/aromatic N) is 1. The topological polar surface area (TPSA) is 38.9 Å². The highest BCUT2D eigenvalue weighted by molar-refractivity contribution is 7.17. The van der Waals surface area contributed by atoms with Crippen molar-refractivity contribution in [3.8, 4) is 0 Å². The van der Waals surface area contributed by atoms with Gasteiger partial charge in [-0.3, -0.25) is 4.98 Å². The van der Waals surface area contributed by atoms with E-state index in [9.17, 15) is 0 Å². The summed E-state index contributed by atoms with van der Waals surface area (Å²) in [7, 11) is 0. The number of thiophene rings is 1. The predicted octanol–water partition coefficient (Wildman–Crippen LogP) is 2.32. The van der Waals surface area contributed by atoms with Gasteiger partial charge in [0.2, 0.25) is 0 Å². The lowest BCUT2D eigenvalue weighted by atomic mass is 10.1. The Kier molecular flexibility index (Phi) is 1.83. The summed E-state index contributed by atoms with van der Waals surface area (Å²) in [6, 6.07) is 4.20. The molecule has 0 radical (unpaired) electrons. The van der Waals surface area contributed by atoms with Crippen molar-refractivity contribution >= 4 is 21.6 Å². The Hall–Kier alpha value is -0.930. The van der Waals surface area contributed by atoms with E-state index in [1.165, 1.54) is 4.70 Å². The molecule has 0 unspecified atom stereocenters. The monoisotopic (exact) mass is 178 g/mol. The van der Waals surface area contributed by atoms with Gasteiger partial charge in [0.25, 0.3) is 0 Å². The second-order valence-corrected chi connectivity index (χ2v) is 3.81.